The van der Waals surface area contributed by atoms with Crippen LogP contribution < -0.4 is 16.6 Å². The Balaban J connectivity index is 1.57. The van der Waals surface area contributed by atoms with E-state index in [0.717, 1.165) is 55.9 Å². The quantitative estimate of drug-likeness (QED) is 0.609. The second kappa shape index (κ2) is 10.7. The Morgan fingerprint density at radius 1 is 0.946 bits per heavy atom. The number of piperidine rings is 1. The molecular weight excluding hydrogens is 479 g/mol. The zero-order chi connectivity index (χ0) is 26.1. The number of carboxylic acids is 1. The number of halogens is 1. The van der Waals surface area contributed by atoms with Gasteiger partial charge >= 0.3 is 11.7 Å². The predicted molar refractivity (Wildman–Crippen MR) is 137 cm³/mol. The SMILES string of the molecule is O=C(O)C1CCCCN1C(=O)Cn1c(=O)c2cc(F)c(NC3CCCCC3)cc2n(C2CCCC2)c1=O. The topological polar surface area (TPSA) is 114 Å². The summed E-state index contributed by atoms with van der Waals surface area (Å²) < 4.78 is 17.7. The maximum Gasteiger partial charge on any atom is 0.332 e. The molecule has 0 spiro atoms. The number of benzene rings is 1. The molecule has 1 unspecified atom stereocenters. The number of hydrogen-bond donors (Lipinski definition) is 2. The summed E-state index contributed by atoms with van der Waals surface area (Å²) in [4.78, 5) is 53.3. The molecule has 0 bridgehead atoms. The van der Waals surface area contributed by atoms with Crippen molar-refractivity contribution in [3.8, 4) is 0 Å². The first-order valence-corrected chi connectivity index (χ1v) is 13.6. The zero-order valence-electron chi connectivity index (χ0n) is 21.1. The van der Waals surface area contributed by atoms with E-state index in [1.54, 1.807) is 10.6 Å². The highest BCUT2D eigenvalue weighted by Gasteiger charge is 2.33. The number of aliphatic carboxylic acids is 1. The minimum absolute atomic E-state index is 0.0550. The van der Waals surface area contributed by atoms with Crippen LogP contribution in [-0.2, 0) is 16.1 Å². The minimum Gasteiger partial charge on any atom is -0.480 e. The lowest BCUT2D eigenvalue weighted by molar-refractivity contribution is -0.152. The minimum atomic E-state index is -1.10. The maximum atomic E-state index is 15.3. The number of nitrogens with zero attached hydrogens (tertiary/aromatic N) is 3. The van der Waals surface area contributed by atoms with E-state index in [-0.39, 0.29) is 29.7 Å². The summed E-state index contributed by atoms with van der Waals surface area (Å²) in [6, 6.07) is 1.79. The van der Waals surface area contributed by atoms with Gasteiger partial charge in [-0.05, 0) is 57.1 Å². The van der Waals surface area contributed by atoms with Crippen LogP contribution in [0.3, 0.4) is 0 Å². The van der Waals surface area contributed by atoms with Crippen LogP contribution in [0, 0.1) is 5.82 Å². The molecule has 1 aromatic carbocycles. The van der Waals surface area contributed by atoms with E-state index in [0.29, 0.717) is 24.8 Å². The summed E-state index contributed by atoms with van der Waals surface area (Å²) in [6.45, 7) is -0.298. The van der Waals surface area contributed by atoms with Gasteiger partial charge in [-0.2, -0.15) is 0 Å². The fourth-order valence-corrected chi connectivity index (χ4v) is 6.34. The van der Waals surface area contributed by atoms with Gasteiger partial charge < -0.3 is 15.3 Å². The largest absolute Gasteiger partial charge is 0.480 e. The van der Waals surface area contributed by atoms with Gasteiger partial charge in [0.2, 0.25) is 5.91 Å². The first-order valence-electron chi connectivity index (χ1n) is 13.6. The van der Waals surface area contributed by atoms with Crippen LogP contribution in [0.25, 0.3) is 10.9 Å². The number of anilines is 1. The normalized spacial score (nSPS) is 21.4. The lowest BCUT2D eigenvalue weighted by atomic mass is 9.95. The molecule has 1 aliphatic heterocycles. The number of nitrogens with one attached hydrogen (secondary N) is 1. The van der Waals surface area contributed by atoms with Crippen LogP contribution in [0.15, 0.2) is 21.7 Å². The first-order chi connectivity index (χ1) is 17.8. The fourth-order valence-electron chi connectivity index (χ4n) is 6.34. The second-order valence-electron chi connectivity index (χ2n) is 10.7. The van der Waals surface area contributed by atoms with Gasteiger partial charge in [-0.15, -0.1) is 0 Å². The van der Waals surface area contributed by atoms with Crippen LogP contribution in [0.4, 0.5) is 10.1 Å². The van der Waals surface area contributed by atoms with Gasteiger partial charge in [0.05, 0.1) is 16.6 Å². The Bertz CT molecular complexity index is 1310. The highest BCUT2D eigenvalue weighted by atomic mass is 19.1. The molecule has 1 saturated heterocycles. The number of carboxylic acid groups (broad SMARTS) is 1. The molecule has 3 fully saturated rings. The number of fused-ring (bicyclic) bond motifs is 1. The van der Waals surface area contributed by atoms with E-state index in [9.17, 15) is 24.3 Å². The molecule has 37 heavy (non-hydrogen) atoms. The molecule has 2 heterocycles. The Hall–Kier alpha value is -3.17. The summed E-state index contributed by atoms with van der Waals surface area (Å²) in [7, 11) is 0. The lowest BCUT2D eigenvalue weighted by Crippen LogP contribution is -2.51. The van der Waals surface area contributed by atoms with Crippen molar-refractivity contribution in [2.45, 2.75) is 102 Å². The number of aromatic nitrogens is 2. The molecule has 2 aromatic rings. The van der Waals surface area contributed by atoms with Crippen molar-refractivity contribution >= 4 is 28.5 Å². The van der Waals surface area contributed by atoms with Crippen LogP contribution in [0.1, 0.15) is 83.1 Å². The van der Waals surface area contributed by atoms with Crippen molar-refractivity contribution in [2.75, 3.05) is 11.9 Å². The molecule has 200 valence electrons. The van der Waals surface area contributed by atoms with E-state index in [1.807, 2.05) is 0 Å². The average molecular weight is 515 g/mol. The van der Waals surface area contributed by atoms with Crippen molar-refractivity contribution < 1.29 is 19.1 Å². The van der Waals surface area contributed by atoms with Crippen molar-refractivity contribution in [3.63, 3.8) is 0 Å². The molecule has 3 aliphatic rings. The van der Waals surface area contributed by atoms with Gasteiger partial charge in [0, 0.05) is 18.6 Å². The van der Waals surface area contributed by atoms with E-state index < -0.39 is 41.5 Å². The molecule has 1 atom stereocenters. The fraction of sp³-hybridized carbons (Fsp3) is 0.630. The Morgan fingerprint density at radius 2 is 1.62 bits per heavy atom. The second-order valence-corrected chi connectivity index (χ2v) is 10.7. The molecule has 5 rings (SSSR count). The average Bonchev–Trinajstić information content (AvgIpc) is 3.43. The van der Waals surface area contributed by atoms with Gasteiger partial charge in [0.1, 0.15) is 18.4 Å². The first kappa shape index (κ1) is 25.5. The Kier molecular flexibility index (Phi) is 7.35. The number of carbonyl (C=O) groups is 2. The predicted octanol–water partition coefficient (Wildman–Crippen LogP) is 3.63. The van der Waals surface area contributed by atoms with Crippen LogP contribution in [0.2, 0.25) is 0 Å². The summed E-state index contributed by atoms with van der Waals surface area (Å²) >= 11 is 0. The van der Waals surface area contributed by atoms with E-state index in [1.165, 1.54) is 17.4 Å². The summed E-state index contributed by atoms with van der Waals surface area (Å²) in [5.74, 6) is -2.24. The molecule has 2 aliphatic carbocycles. The smallest absolute Gasteiger partial charge is 0.332 e. The van der Waals surface area contributed by atoms with Crippen molar-refractivity contribution in [2.24, 2.45) is 0 Å². The van der Waals surface area contributed by atoms with Gasteiger partial charge in [-0.25, -0.2) is 14.0 Å². The number of likely N-dealkylation sites (tertiary alicyclic amines) is 1. The number of hydrogen-bond acceptors (Lipinski definition) is 5. The van der Waals surface area contributed by atoms with Gasteiger partial charge in [0.25, 0.3) is 5.56 Å². The molecule has 9 nitrogen and oxygen atoms in total. The van der Waals surface area contributed by atoms with Gasteiger partial charge in [-0.3, -0.25) is 18.7 Å². The monoisotopic (exact) mass is 514 g/mol. The van der Waals surface area contributed by atoms with Crippen LogP contribution in [-0.4, -0.2) is 49.6 Å². The standard InChI is InChI=1S/C27H35FN4O5/c28-20-14-19-23(15-21(20)29-17-8-2-1-3-9-17)32(18-10-4-5-11-18)27(37)31(25(19)34)16-24(33)30-13-7-6-12-22(30)26(35)36/h14-15,17-18,22,29H,1-13,16H2,(H,35,36). The highest BCUT2D eigenvalue weighted by molar-refractivity contribution is 5.85. The van der Waals surface area contributed by atoms with Gasteiger partial charge in [-0.1, -0.05) is 32.1 Å². The Labute approximate surface area is 214 Å². The zero-order valence-corrected chi connectivity index (χ0v) is 21.1. The number of carbonyl (C=O) groups excluding carboxylic acids is 1. The number of rotatable bonds is 6. The maximum absolute atomic E-state index is 15.3. The van der Waals surface area contributed by atoms with Crippen LogP contribution >= 0.6 is 0 Å². The van der Waals surface area contributed by atoms with Crippen molar-refractivity contribution in [3.05, 3.63) is 38.8 Å². The number of amides is 1. The summed E-state index contributed by atoms with van der Waals surface area (Å²) in [6.07, 6.45) is 10.3. The Morgan fingerprint density at radius 3 is 2.32 bits per heavy atom. The summed E-state index contributed by atoms with van der Waals surface area (Å²) in [5, 5.41) is 12.9. The molecule has 0 radical (unpaired) electrons. The third kappa shape index (κ3) is 5.02. The molecule has 1 aromatic heterocycles. The molecule has 10 heteroatoms. The highest BCUT2D eigenvalue weighted by Crippen LogP contribution is 2.32. The lowest BCUT2D eigenvalue weighted by Gasteiger charge is -2.33. The van der Waals surface area contributed by atoms with Crippen molar-refractivity contribution in [1.29, 1.82) is 0 Å². The van der Waals surface area contributed by atoms with E-state index in [4.69, 9.17) is 0 Å². The molecule has 2 N–H and O–H groups in total. The third-order valence-corrected chi connectivity index (χ3v) is 8.31. The molecule has 2 saturated carbocycles. The summed E-state index contributed by atoms with van der Waals surface area (Å²) in [5.41, 5.74) is -0.658. The van der Waals surface area contributed by atoms with Crippen LogP contribution in [0.5, 0.6) is 0 Å². The van der Waals surface area contributed by atoms with Gasteiger partial charge in [0.15, 0.2) is 0 Å². The molecule has 1 amide bonds. The third-order valence-electron chi connectivity index (χ3n) is 8.31. The molecular formula is C27H35FN4O5. The van der Waals surface area contributed by atoms with Crippen molar-refractivity contribution in [1.82, 2.24) is 14.0 Å². The van der Waals surface area contributed by atoms with E-state index in [2.05, 4.69) is 5.32 Å². The van der Waals surface area contributed by atoms with E-state index >= 15 is 4.39 Å².